The first-order chi connectivity index (χ1) is 13.7. The zero-order valence-electron chi connectivity index (χ0n) is 15.8. The standard InChI is InChI=1S/C20H21F3N4O2/c1-11-3-2-4-18(25-11)26-20(29)13-9-27(10-13)19(28)7-14(24)5-12-6-16(22)17(23)8-15(12)21/h2-4,6,8,13-14H,5,7,9-10,24H2,1H3,(H,25,26,29)/t14-/m1/s1. The monoisotopic (exact) mass is 406 g/mol. The van der Waals surface area contributed by atoms with Crippen LogP contribution in [0, 0.1) is 30.3 Å². The van der Waals surface area contributed by atoms with Crippen LogP contribution in [0.2, 0.25) is 0 Å². The molecule has 0 bridgehead atoms. The lowest BCUT2D eigenvalue weighted by Crippen LogP contribution is -2.55. The minimum Gasteiger partial charge on any atom is -0.341 e. The number of amides is 2. The maximum atomic E-state index is 13.7. The van der Waals surface area contributed by atoms with Crippen LogP contribution in [-0.2, 0) is 16.0 Å². The third-order valence-corrected chi connectivity index (χ3v) is 4.75. The van der Waals surface area contributed by atoms with Crippen molar-refractivity contribution < 1.29 is 22.8 Å². The van der Waals surface area contributed by atoms with Crippen LogP contribution < -0.4 is 11.1 Å². The van der Waals surface area contributed by atoms with Crippen molar-refractivity contribution in [2.24, 2.45) is 11.7 Å². The van der Waals surface area contributed by atoms with E-state index < -0.39 is 23.5 Å². The van der Waals surface area contributed by atoms with E-state index in [0.717, 1.165) is 11.8 Å². The molecule has 154 valence electrons. The molecule has 1 saturated heterocycles. The summed E-state index contributed by atoms with van der Waals surface area (Å²) in [6.45, 7) is 2.32. The minimum atomic E-state index is -1.28. The van der Waals surface area contributed by atoms with Crippen molar-refractivity contribution >= 4 is 17.6 Å². The Hall–Kier alpha value is -2.94. The number of halogens is 3. The summed E-state index contributed by atoms with van der Waals surface area (Å²) in [5.74, 6) is -3.74. The second-order valence-corrected chi connectivity index (χ2v) is 7.18. The number of benzene rings is 1. The highest BCUT2D eigenvalue weighted by atomic mass is 19.2. The summed E-state index contributed by atoms with van der Waals surface area (Å²) in [5, 5.41) is 2.71. The third kappa shape index (κ3) is 5.11. The van der Waals surface area contributed by atoms with E-state index in [1.54, 1.807) is 12.1 Å². The molecule has 2 amide bonds. The molecule has 0 aliphatic carbocycles. The van der Waals surface area contributed by atoms with Crippen molar-refractivity contribution in [1.29, 1.82) is 0 Å². The fraction of sp³-hybridized carbons (Fsp3) is 0.350. The Labute approximate surface area is 165 Å². The molecule has 2 aromatic rings. The number of nitrogens with zero attached hydrogens (tertiary/aromatic N) is 2. The van der Waals surface area contributed by atoms with Crippen LogP contribution in [0.15, 0.2) is 30.3 Å². The lowest BCUT2D eigenvalue weighted by Gasteiger charge is -2.38. The van der Waals surface area contributed by atoms with Gasteiger partial charge < -0.3 is 16.0 Å². The Balaban J connectivity index is 1.46. The molecule has 0 saturated carbocycles. The van der Waals surface area contributed by atoms with Crippen LogP contribution in [0.3, 0.4) is 0 Å². The van der Waals surface area contributed by atoms with Gasteiger partial charge in [-0.3, -0.25) is 9.59 Å². The molecule has 1 aliphatic heterocycles. The van der Waals surface area contributed by atoms with Gasteiger partial charge in [0.05, 0.1) is 5.92 Å². The van der Waals surface area contributed by atoms with Crippen LogP contribution in [0.1, 0.15) is 17.7 Å². The lowest BCUT2D eigenvalue weighted by molar-refractivity contribution is -0.141. The Bertz CT molecular complexity index is 932. The highest BCUT2D eigenvalue weighted by Crippen LogP contribution is 2.20. The fourth-order valence-corrected chi connectivity index (χ4v) is 3.12. The number of anilines is 1. The van der Waals surface area contributed by atoms with Crippen LogP contribution in [0.5, 0.6) is 0 Å². The molecular weight excluding hydrogens is 385 g/mol. The average Bonchev–Trinajstić information content (AvgIpc) is 2.58. The molecule has 3 N–H and O–H groups in total. The molecule has 0 spiro atoms. The predicted molar refractivity (Wildman–Crippen MR) is 100 cm³/mol. The smallest absolute Gasteiger partial charge is 0.232 e. The summed E-state index contributed by atoms with van der Waals surface area (Å²) in [6.07, 6.45) is -0.197. The summed E-state index contributed by atoms with van der Waals surface area (Å²) in [4.78, 5) is 30.2. The number of hydrogen-bond donors (Lipinski definition) is 2. The normalized spacial score (nSPS) is 15.0. The Morgan fingerprint density at radius 3 is 2.59 bits per heavy atom. The van der Waals surface area contributed by atoms with Gasteiger partial charge in [-0.1, -0.05) is 6.07 Å². The van der Waals surface area contributed by atoms with Gasteiger partial charge in [-0.25, -0.2) is 18.2 Å². The van der Waals surface area contributed by atoms with E-state index in [0.29, 0.717) is 11.9 Å². The average molecular weight is 406 g/mol. The number of pyridine rings is 1. The molecule has 29 heavy (non-hydrogen) atoms. The van der Waals surface area contributed by atoms with Crippen molar-refractivity contribution in [3.8, 4) is 0 Å². The SMILES string of the molecule is Cc1cccc(NC(=O)C2CN(C(=O)C[C@H](N)Cc3cc(F)c(F)cc3F)C2)n1. The van der Waals surface area contributed by atoms with E-state index in [1.807, 2.05) is 13.0 Å². The molecule has 1 atom stereocenters. The van der Waals surface area contributed by atoms with Crippen molar-refractivity contribution in [2.45, 2.75) is 25.8 Å². The number of nitrogens with one attached hydrogen (secondary N) is 1. The first-order valence-corrected chi connectivity index (χ1v) is 9.14. The Morgan fingerprint density at radius 1 is 1.21 bits per heavy atom. The molecule has 0 unspecified atom stereocenters. The molecule has 1 aliphatic rings. The molecule has 6 nitrogen and oxygen atoms in total. The first kappa shape index (κ1) is 20.8. The van der Waals surface area contributed by atoms with Gasteiger partial charge in [0.1, 0.15) is 11.6 Å². The molecule has 1 fully saturated rings. The second-order valence-electron chi connectivity index (χ2n) is 7.18. The lowest BCUT2D eigenvalue weighted by atomic mass is 9.96. The molecular formula is C20H21F3N4O2. The second kappa shape index (κ2) is 8.60. The summed E-state index contributed by atoms with van der Waals surface area (Å²) in [7, 11) is 0. The van der Waals surface area contributed by atoms with Crippen LogP contribution in [-0.4, -0.2) is 40.8 Å². The van der Waals surface area contributed by atoms with Crippen LogP contribution in [0.4, 0.5) is 19.0 Å². The number of aromatic nitrogens is 1. The van der Waals surface area contributed by atoms with Gasteiger partial charge >= 0.3 is 0 Å². The summed E-state index contributed by atoms with van der Waals surface area (Å²) < 4.78 is 39.9. The minimum absolute atomic E-state index is 0.0873. The van der Waals surface area contributed by atoms with Crippen molar-refractivity contribution in [3.05, 3.63) is 59.0 Å². The fourth-order valence-electron chi connectivity index (χ4n) is 3.12. The van der Waals surface area contributed by atoms with Crippen molar-refractivity contribution in [1.82, 2.24) is 9.88 Å². The highest BCUT2D eigenvalue weighted by Gasteiger charge is 2.36. The van der Waals surface area contributed by atoms with E-state index in [2.05, 4.69) is 10.3 Å². The zero-order chi connectivity index (χ0) is 21.1. The van der Waals surface area contributed by atoms with Gasteiger partial charge in [-0.15, -0.1) is 0 Å². The van der Waals surface area contributed by atoms with Crippen LogP contribution in [0.25, 0.3) is 0 Å². The third-order valence-electron chi connectivity index (χ3n) is 4.75. The topological polar surface area (TPSA) is 88.3 Å². The molecule has 2 heterocycles. The number of likely N-dealkylation sites (tertiary alicyclic amines) is 1. The molecule has 0 radical (unpaired) electrons. The Morgan fingerprint density at radius 2 is 1.90 bits per heavy atom. The number of nitrogens with two attached hydrogens (primary N) is 1. The van der Waals surface area contributed by atoms with Crippen molar-refractivity contribution in [3.63, 3.8) is 0 Å². The number of rotatable bonds is 6. The van der Waals surface area contributed by atoms with Crippen LogP contribution >= 0.6 is 0 Å². The Kier molecular flexibility index (Phi) is 6.17. The van der Waals surface area contributed by atoms with Gasteiger partial charge in [-0.2, -0.15) is 0 Å². The van der Waals surface area contributed by atoms with E-state index in [-0.39, 0.29) is 49.2 Å². The molecule has 9 heteroatoms. The number of aryl methyl sites for hydroxylation is 1. The summed E-state index contributed by atoms with van der Waals surface area (Å²) in [5.41, 5.74) is 6.56. The summed E-state index contributed by atoms with van der Waals surface area (Å²) in [6, 6.07) is 5.73. The van der Waals surface area contributed by atoms with Crippen molar-refractivity contribution in [2.75, 3.05) is 18.4 Å². The highest BCUT2D eigenvalue weighted by molar-refractivity contribution is 5.94. The molecule has 1 aromatic heterocycles. The first-order valence-electron chi connectivity index (χ1n) is 9.14. The molecule has 3 rings (SSSR count). The van der Waals surface area contributed by atoms with Gasteiger partial charge in [0, 0.05) is 37.3 Å². The summed E-state index contributed by atoms with van der Waals surface area (Å²) >= 11 is 0. The van der Waals surface area contributed by atoms with Gasteiger partial charge in [0.15, 0.2) is 11.6 Å². The molecule has 1 aromatic carbocycles. The van der Waals surface area contributed by atoms with Gasteiger partial charge in [0.25, 0.3) is 0 Å². The van der Waals surface area contributed by atoms with Gasteiger partial charge in [-0.05, 0) is 37.1 Å². The largest absolute Gasteiger partial charge is 0.341 e. The quantitative estimate of drug-likeness (QED) is 0.720. The van der Waals surface area contributed by atoms with Gasteiger partial charge in [0.2, 0.25) is 11.8 Å². The number of carbonyl (C=O) groups is 2. The van der Waals surface area contributed by atoms with E-state index in [4.69, 9.17) is 5.73 Å². The number of carbonyl (C=O) groups excluding carboxylic acids is 2. The predicted octanol–water partition coefficient (Wildman–Crippen LogP) is 2.16. The maximum Gasteiger partial charge on any atom is 0.232 e. The zero-order valence-corrected chi connectivity index (χ0v) is 15.8. The maximum absolute atomic E-state index is 13.7. The van der Waals surface area contributed by atoms with E-state index in [9.17, 15) is 22.8 Å². The van der Waals surface area contributed by atoms with E-state index in [1.165, 1.54) is 4.90 Å². The van der Waals surface area contributed by atoms with E-state index >= 15 is 0 Å². The number of hydrogen-bond acceptors (Lipinski definition) is 4.